The molecule has 0 radical (unpaired) electrons. The number of nitrogens with two attached hydrogens (primary N) is 1. The van der Waals surface area contributed by atoms with Gasteiger partial charge in [-0.25, -0.2) is 8.42 Å². The summed E-state index contributed by atoms with van der Waals surface area (Å²) in [7, 11) is -1.93. The second-order valence-corrected chi connectivity index (χ2v) is 6.34. The van der Waals surface area contributed by atoms with E-state index in [4.69, 9.17) is 17.3 Å². The van der Waals surface area contributed by atoms with Crippen LogP contribution in [0.15, 0.2) is 23.1 Å². The molecule has 4 nitrogen and oxygen atoms in total. The van der Waals surface area contributed by atoms with Crippen molar-refractivity contribution in [2.75, 3.05) is 12.8 Å². The van der Waals surface area contributed by atoms with Gasteiger partial charge in [-0.1, -0.05) is 11.6 Å². The third-order valence-corrected chi connectivity index (χ3v) is 4.89. The summed E-state index contributed by atoms with van der Waals surface area (Å²) in [4.78, 5) is 0.0920. The van der Waals surface area contributed by atoms with Gasteiger partial charge in [-0.3, -0.25) is 0 Å². The fraction of sp³-hybridized carbons (Fsp3) is 0.400. The highest BCUT2D eigenvalue weighted by atomic mass is 35.5. The fourth-order valence-corrected chi connectivity index (χ4v) is 3.31. The number of rotatable bonds is 3. The van der Waals surface area contributed by atoms with Crippen molar-refractivity contribution in [2.45, 2.75) is 23.8 Å². The zero-order valence-electron chi connectivity index (χ0n) is 8.85. The highest BCUT2D eigenvalue weighted by Crippen LogP contribution is 2.33. The smallest absolute Gasteiger partial charge is 0.245 e. The van der Waals surface area contributed by atoms with E-state index in [2.05, 4.69) is 0 Å². The van der Waals surface area contributed by atoms with E-state index in [0.29, 0.717) is 5.02 Å². The van der Waals surface area contributed by atoms with Crippen LogP contribution in [-0.4, -0.2) is 25.8 Å². The zero-order chi connectivity index (χ0) is 11.9. The van der Waals surface area contributed by atoms with Gasteiger partial charge >= 0.3 is 0 Å². The van der Waals surface area contributed by atoms with Gasteiger partial charge in [-0.05, 0) is 31.0 Å². The van der Waals surface area contributed by atoms with Crippen LogP contribution >= 0.6 is 11.6 Å². The lowest BCUT2D eigenvalue weighted by Gasteiger charge is -2.17. The minimum atomic E-state index is -3.51. The second-order valence-electron chi connectivity index (χ2n) is 3.93. The molecule has 6 heteroatoms. The van der Waals surface area contributed by atoms with Crippen LogP contribution in [0.4, 0.5) is 5.69 Å². The number of nitrogens with zero attached hydrogens (tertiary/aromatic N) is 1. The Hall–Kier alpha value is -0.780. The Bertz CT molecular complexity index is 512. The number of hydrogen-bond donors (Lipinski definition) is 1. The number of benzene rings is 1. The standard InChI is InChI=1S/C10H13ClN2O2S/c1-13(8-3-4-8)16(14,15)10-6-7(11)2-5-9(10)12/h2,5-6,8H,3-4,12H2,1H3. The molecule has 1 aliphatic carbocycles. The Morgan fingerprint density at radius 2 is 2.06 bits per heavy atom. The monoisotopic (exact) mass is 260 g/mol. The predicted octanol–water partition coefficient (Wildman–Crippen LogP) is 1.71. The molecule has 1 aromatic rings. The molecule has 16 heavy (non-hydrogen) atoms. The largest absolute Gasteiger partial charge is 0.398 e. The summed E-state index contributed by atoms with van der Waals surface area (Å²) in [5, 5.41) is 0.372. The van der Waals surface area contributed by atoms with E-state index in [9.17, 15) is 8.42 Å². The number of hydrogen-bond acceptors (Lipinski definition) is 3. The Morgan fingerprint density at radius 1 is 1.44 bits per heavy atom. The zero-order valence-corrected chi connectivity index (χ0v) is 10.4. The molecule has 0 aromatic heterocycles. The van der Waals surface area contributed by atoms with E-state index in [1.165, 1.54) is 16.4 Å². The molecule has 88 valence electrons. The van der Waals surface area contributed by atoms with Crippen LogP contribution in [0.1, 0.15) is 12.8 Å². The first-order valence-electron chi connectivity index (χ1n) is 4.96. The van der Waals surface area contributed by atoms with E-state index in [0.717, 1.165) is 12.8 Å². The van der Waals surface area contributed by atoms with Crippen molar-refractivity contribution in [3.05, 3.63) is 23.2 Å². The third-order valence-electron chi connectivity index (χ3n) is 2.69. The molecule has 0 saturated heterocycles. The first-order chi connectivity index (χ1) is 7.43. The normalized spacial score (nSPS) is 16.7. The maximum absolute atomic E-state index is 12.2. The van der Waals surface area contributed by atoms with E-state index in [-0.39, 0.29) is 16.6 Å². The van der Waals surface area contributed by atoms with Gasteiger partial charge in [0.25, 0.3) is 0 Å². The summed E-state index contributed by atoms with van der Waals surface area (Å²) >= 11 is 5.78. The lowest BCUT2D eigenvalue weighted by atomic mass is 10.3. The fourth-order valence-electron chi connectivity index (χ4n) is 1.52. The molecule has 1 aromatic carbocycles. The van der Waals surface area contributed by atoms with Crippen LogP contribution in [-0.2, 0) is 10.0 Å². The van der Waals surface area contributed by atoms with E-state index < -0.39 is 10.0 Å². The Kier molecular flexibility index (Phi) is 2.86. The van der Waals surface area contributed by atoms with Crippen LogP contribution in [0.2, 0.25) is 5.02 Å². The van der Waals surface area contributed by atoms with Gasteiger partial charge in [0, 0.05) is 18.1 Å². The average Bonchev–Trinajstić information content (AvgIpc) is 3.04. The summed E-state index contributed by atoms with van der Waals surface area (Å²) in [6.07, 6.45) is 1.83. The molecule has 1 aliphatic rings. The average molecular weight is 261 g/mol. The molecule has 0 spiro atoms. The van der Waals surface area contributed by atoms with Gasteiger partial charge in [0.1, 0.15) is 4.90 Å². The number of sulfonamides is 1. The van der Waals surface area contributed by atoms with Gasteiger partial charge in [0.2, 0.25) is 10.0 Å². The molecule has 0 bridgehead atoms. The summed E-state index contributed by atoms with van der Waals surface area (Å²) < 4.78 is 25.7. The molecule has 0 amide bonds. The quantitative estimate of drug-likeness (QED) is 0.842. The molecule has 1 saturated carbocycles. The van der Waals surface area contributed by atoms with Crippen LogP contribution in [0.5, 0.6) is 0 Å². The molecule has 0 heterocycles. The number of nitrogen functional groups attached to an aromatic ring is 1. The van der Waals surface area contributed by atoms with Crippen molar-refractivity contribution in [1.29, 1.82) is 0 Å². The number of halogens is 1. The van der Waals surface area contributed by atoms with Gasteiger partial charge in [0.05, 0.1) is 5.69 Å². The maximum Gasteiger partial charge on any atom is 0.245 e. The summed E-state index contributed by atoms with van der Waals surface area (Å²) in [6.45, 7) is 0. The van der Waals surface area contributed by atoms with Gasteiger partial charge in [-0.15, -0.1) is 0 Å². The minimum Gasteiger partial charge on any atom is -0.398 e. The molecule has 1 fully saturated rings. The molecule has 0 aliphatic heterocycles. The molecule has 2 rings (SSSR count). The van der Waals surface area contributed by atoms with Crippen LogP contribution in [0.3, 0.4) is 0 Å². The maximum atomic E-state index is 12.2. The first-order valence-corrected chi connectivity index (χ1v) is 6.78. The van der Waals surface area contributed by atoms with Gasteiger partial charge in [0.15, 0.2) is 0 Å². The summed E-state index contributed by atoms with van der Waals surface area (Å²) in [6, 6.07) is 4.59. The van der Waals surface area contributed by atoms with Gasteiger partial charge < -0.3 is 5.73 Å². The van der Waals surface area contributed by atoms with E-state index in [1.807, 2.05) is 0 Å². The van der Waals surface area contributed by atoms with Crippen LogP contribution < -0.4 is 5.73 Å². The highest BCUT2D eigenvalue weighted by Gasteiger charge is 2.35. The lowest BCUT2D eigenvalue weighted by molar-refractivity contribution is 0.464. The predicted molar refractivity (Wildman–Crippen MR) is 63.8 cm³/mol. The first kappa shape index (κ1) is 11.7. The van der Waals surface area contributed by atoms with Crippen molar-refractivity contribution in [1.82, 2.24) is 4.31 Å². The van der Waals surface area contributed by atoms with Gasteiger partial charge in [-0.2, -0.15) is 4.31 Å². The van der Waals surface area contributed by atoms with Crippen molar-refractivity contribution < 1.29 is 8.42 Å². The topological polar surface area (TPSA) is 63.4 Å². The summed E-state index contributed by atoms with van der Waals surface area (Å²) in [5.41, 5.74) is 5.90. The van der Waals surface area contributed by atoms with Crippen molar-refractivity contribution in [3.63, 3.8) is 0 Å². The summed E-state index contributed by atoms with van der Waals surface area (Å²) in [5.74, 6) is 0. The van der Waals surface area contributed by atoms with Crippen molar-refractivity contribution in [2.24, 2.45) is 0 Å². The Balaban J connectivity index is 2.45. The third kappa shape index (κ3) is 2.03. The lowest BCUT2D eigenvalue weighted by Crippen LogP contribution is -2.29. The van der Waals surface area contributed by atoms with E-state index >= 15 is 0 Å². The second kappa shape index (κ2) is 3.91. The van der Waals surface area contributed by atoms with Crippen molar-refractivity contribution >= 4 is 27.3 Å². The molecular formula is C10H13ClN2O2S. The molecule has 0 atom stereocenters. The van der Waals surface area contributed by atoms with Crippen molar-refractivity contribution in [3.8, 4) is 0 Å². The number of anilines is 1. The molecule has 0 unspecified atom stereocenters. The molecular weight excluding hydrogens is 248 g/mol. The molecule has 2 N–H and O–H groups in total. The van der Waals surface area contributed by atoms with Crippen LogP contribution in [0, 0.1) is 0 Å². The van der Waals surface area contributed by atoms with Crippen LogP contribution in [0.25, 0.3) is 0 Å². The minimum absolute atomic E-state index is 0.0920. The van der Waals surface area contributed by atoms with E-state index in [1.54, 1.807) is 13.1 Å². The Morgan fingerprint density at radius 3 is 2.62 bits per heavy atom. The SMILES string of the molecule is CN(C1CC1)S(=O)(=O)c1cc(Cl)ccc1N. The Labute approximate surface area is 100 Å². The highest BCUT2D eigenvalue weighted by molar-refractivity contribution is 7.89.